The van der Waals surface area contributed by atoms with E-state index in [4.69, 9.17) is 19.9 Å². The van der Waals surface area contributed by atoms with Crippen molar-refractivity contribution in [1.29, 1.82) is 0 Å². The van der Waals surface area contributed by atoms with Gasteiger partial charge in [-0.25, -0.2) is 19.9 Å². The predicted molar refractivity (Wildman–Crippen MR) is 219 cm³/mol. The summed E-state index contributed by atoms with van der Waals surface area (Å²) in [6, 6.07) is 59.2. The molecule has 6 heteroatoms. The highest BCUT2D eigenvalue weighted by Crippen LogP contribution is 2.43. The van der Waals surface area contributed by atoms with Gasteiger partial charge in [0, 0.05) is 42.4 Å². The molecule has 3 aromatic heterocycles. The van der Waals surface area contributed by atoms with Crippen LogP contribution >= 0.6 is 22.7 Å². The van der Waals surface area contributed by atoms with E-state index in [0.29, 0.717) is 17.5 Å². The van der Waals surface area contributed by atoms with Crippen molar-refractivity contribution in [1.82, 2.24) is 19.9 Å². The Hall–Kier alpha value is -6.34. The monoisotopic (exact) mass is 700 g/mol. The molecule has 0 aliphatic rings. The average Bonchev–Trinajstić information content (AvgIpc) is 3.81. The normalized spacial score (nSPS) is 11.5. The molecular weight excluding hydrogens is 673 g/mol. The number of thiophene rings is 1. The lowest BCUT2D eigenvalue weighted by molar-refractivity contribution is 1.08. The molecule has 0 aliphatic heterocycles. The summed E-state index contributed by atoms with van der Waals surface area (Å²) in [6.07, 6.45) is 0. The van der Waals surface area contributed by atoms with Crippen LogP contribution in [0.3, 0.4) is 0 Å². The Morgan fingerprint density at radius 3 is 1.44 bits per heavy atom. The third-order valence-electron chi connectivity index (χ3n) is 9.40. The Kier molecular flexibility index (Phi) is 7.48. The van der Waals surface area contributed by atoms with E-state index >= 15 is 0 Å². The fourth-order valence-corrected chi connectivity index (χ4v) is 8.92. The van der Waals surface area contributed by atoms with Crippen LogP contribution in [0.5, 0.6) is 0 Å². The SMILES string of the molecule is c1ccc(-c2ccc(-c3ccc(-c4nc(-c5ccccc5)nc(-c5cccc6sc7cc8nc(-c9ccccc9)sc8cc7c56)n4)cc3)cc2)cc1. The third kappa shape index (κ3) is 5.55. The molecule has 0 saturated carbocycles. The van der Waals surface area contributed by atoms with Crippen LogP contribution in [0.25, 0.3) is 97.4 Å². The quantitative estimate of drug-likeness (QED) is 0.173. The van der Waals surface area contributed by atoms with E-state index in [1.54, 1.807) is 22.7 Å². The Morgan fingerprint density at radius 2 is 0.827 bits per heavy atom. The first-order chi connectivity index (χ1) is 25.7. The average molecular weight is 701 g/mol. The standard InChI is InChI=1S/C46H28N4S2/c1-4-11-29(12-5-1)30-19-21-31(22-20-30)32-23-25-34(26-24-32)44-48-43(33-13-6-2-7-14-33)49-45(50-44)36-17-10-18-39-42(36)37-27-41-38(28-40(37)51-39)47-46(52-41)35-15-8-3-9-16-35/h1-28H. The summed E-state index contributed by atoms with van der Waals surface area (Å²) in [5.41, 5.74) is 9.75. The molecule has 7 aromatic carbocycles. The molecule has 10 aromatic rings. The van der Waals surface area contributed by atoms with Crippen LogP contribution in [0, 0.1) is 0 Å². The van der Waals surface area contributed by atoms with Gasteiger partial charge in [-0.1, -0.05) is 152 Å². The largest absolute Gasteiger partial charge is 0.236 e. The van der Waals surface area contributed by atoms with E-state index < -0.39 is 0 Å². The number of hydrogen-bond acceptors (Lipinski definition) is 6. The number of hydrogen-bond donors (Lipinski definition) is 0. The zero-order valence-electron chi connectivity index (χ0n) is 27.8. The van der Waals surface area contributed by atoms with Gasteiger partial charge in [-0.15, -0.1) is 22.7 Å². The molecule has 0 N–H and O–H groups in total. The number of fused-ring (bicyclic) bond motifs is 4. The summed E-state index contributed by atoms with van der Waals surface area (Å²) in [6.45, 7) is 0. The highest BCUT2D eigenvalue weighted by atomic mass is 32.1. The molecule has 0 saturated heterocycles. The predicted octanol–water partition coefficient (Wildman–Crippen LogP) is 12.9. The van der Waals surface area contributed by atoms with E-state index in [9.17, 15) is 0 Å². The molecule has 0 bridgehead atoms. The summed E-state index contributed by atoms with van der Waals surface area (Å²) in [5, 5.41) is 3.38. The van der Waals surface area contributed by atoms with Gasteiger partial charge in [0.15, 0.2) is 17.5 Å². The van der Waals surface area contributed by atoms with Gasteiger partial charge in [0.05, 0.1) is 10.2 Å². The zero-order chi connectivity index (χ0) is 34.4. The first-order valence-electron chi connectivity index (χ1n) is 17.1. The van der Waals surface area contributed by atoms with E-state index in [1.165, 1.54) is 25.9 Å². The Labute approximate surface area is 308 Å². The lowest BCUT2D eigenvalue weighted by atomic mass is 9.99. The van der Waals surface area contributed by atoms with Crippen molar-refractivity contribution in [3.05, 3.63) is 170 Å². The first kappa shape index (κ1) is 30.5. The number of rotatable bonds is 6. The van der Waals surface area contributed by atoms with E-state index in [1.807, 2.05) is 30.3 Å². The number of thiazole rings is 1. The van der Waals surface area contributed by atoms with Crippen molar-refractivity contribution in [3.8, 4) is 67.0 Å². The minimum Gasteiger partial charge on any atom is -0.236 e. The lowest BCUT2D eigenvalue weighted by Gasteiger charge is -2.10. The molecule has 0 radical (unpaired) electrons. The maximum absolute atomic E-state index is 5.16. The number of nitrogens with zero attached hydrogens (tertiary/aromatic N) is 4. The Bertz CT molecular complexity index is 2860. The van der Waals surface area contributed by atoms with Crippen LogP contribution in [0.1, 0.15) is 0 Å². The highest BCUT2D eigenvalue weighted by molar-refractivity contribution is 7.26. The summed E-state index contributed by atoms with van der Waals surface area (Å²) in [4.78, 5) is 20.3. The van der Waals surface area contributed by atoms with Crippen LogP contribution in [-0.2, 0) is 0 Å². The van der Waals surface area contributed by atoms with E-state index in [-0.39, 0.29) is 0 Å². The first-order valence-corrected chi connectivity index (χ1v) is 18.8. The van der Waals surface area contributed by atoms with Gasteiger partial charge in [-0.2, -0.15) is 0 Å². The lowest BCUT2D eigenvalue weighted by Crippen LogP contribution is -2.00. The van der Waals surface area contributed by atoms with Crippen molar-refractivity contribution in [2.24, 2.45) is 0 Å². The minimum absolute atomic E-state index is 0.642. The molecule has 0 spiro atoms. The fourth-order valence-electron chi connectivity index (χ4n) is 6.78. The van der Waals surface area contributed by atoms with Crippen LogP contribution in [-0.4, -0.2) is 19.9 Å². The Morgan fingerprint density at radius 1 is 0.327 bits per heavy atom. The highest BCUT2D eigenvalue weighted by Gasteiger charge is 2.18. The molecule has 3 heterocycles. The minimum atomic E-state index is 0.642. The van der Waals surface area contributed by atoms with Crippen molar-refractivity contribution >= 4 is 53.1 Å². The van der Waals surface area contributed by atoms with Gasteiger partial charge >= 0.3 is 0 Å². The van der Waals surface area contributed by atoms with Gasteiger partial charge < -0.3 is 0 Å². The zero-order valence-corrected chi connectivity index (χ0v) is 29.4. The van der Waals surface area contributed by atoms with Crippen LogP contribution in [0.4, 0.5) is 0 Å². The molecule has 244 valence electrons. The van der Waals surface area contributed by atoms with Crippen molar-refractivity contribution in [3.63, 3.8) is 0 Å². The topological polar surface area (TPSA) is 51.6 Å². The van der Waals surface area contributed by atoms with Crippen molar-refractivity contribution in [2.75, 3.05) is 0 Å². The second-order valence-electron chi connectivity index (χ2n) is 12.7. The second kappa shape index (κ2) is 12.8. The maximum atomic E-state index is 5.16. The molecule has 0 atom stereocenters. The van der Waals surface area contributed by atoms with Crippen molar-refractivity contribution < 1.29 is 0 Å². The van der Waals surface area contributed by atoms with Crippen molar-refractivity contribution in [2.45, 2.75) is 0 Å². The summed E-state index contributed by atoms with van der Waals surface area (Å²) in [7, 11) is 0. The van der Waals surface area contributed by atoms with Gasteiger partial charge in [0.2, 0.25) is 0 Å². The van der Waals surface area contributed by atoms with E-state index in [0.717, 1.165) is 54.0 Å². The van der Waals surface area contributed by atoms with Crippen LogP contribution in [0.2, 0.25) is 0 Å². The molecule has 52 heavy (non-hydrogen) atoms. The third-order valence-corrected chi connectivity index (χ3v) is 11.6. The van der Waals surface area contributed by atoms with Crippen LogP contribution < -0.4 is 0 Å². The molecule has 10 rings (SSSR count). The van der Waals surface area contributed by atoms with E-state index in [2.05, 4.69) is 140 Å². The molecule has 0 amide bonds. The summed E-state index contributed by atoms with van der Waals surface area (Å²) >= 11 is 3.51. The Balaban J connectivity index is 1.07. The summed E-state index contributed by atoms with van der Waals surface area (Å²) < 4.78 is 3.56. The van der Waals surface area contributed by atoms with Gasteiger partial charge in [-0.05, 0) is 40.5 Å². The summed E-state index contributed by atoms with van der Waals surface area (Å²) in [5.74, 6) is 1.95. The maximum Gasteiger partial charge on any atom is 0.164 e. The van der Waals surface area contributed by atoms with Gasteiger partial charge in [-0.3, -0.25) is 0 Å². The number of aromatic nitrogens is 4. The van der Waals surface area contributed by atoms with Gasteiger partial charge in [0.25, 0.3) is 0 Å². The molecule has 0 unspecified atom stereocenters. The van der Waals surface area contributed by atoms with Gasteiger partial charge in [0.1, 0.15) is 5.01 Å². The molecule has 0 aliphatic carbocycles. The number of benzene rings is 7. The molecular formula is C46H28N4S2. The second-order valence-corrected chi connectivity index (χ2v) is 14.8. The molecule has 4 nitrogen and oxygen atoms in total. The smallest absolute Gasteiger partial charge is 0.164 e. The molecule has 0 fully saturated rings. The fraction of sp³-hybridized carbons (Fsp3) is 0. The van der Waals surface area contributed by atoms with Crippen LogP contribution in [0.15, 0.2) is 170 Å².